The maximum absolute atomic E-state index is 11.9. The predicted octanol–water partition coefficient (Wildman–Crippen LogP) is 5.20. The molecule has 0 rings (SSSR count). The average molecular weight is 418 g/mol. The molecule has 0 fully saturated rings. The number of hydrogen-bond acceptors (Lipinski definition) is 3. The molecule has 2 unspecified atom stereocenters. The zero-order valence-corrected chi connectivity index (χ0v) is 19.0. The van der Waals surface area contributed by atoms with Crippen molar-refractivity contribution in [1.82, 2.24) is 5.32 Å². The number of aliphatic carboxylic acids is 1. The van der Waals surface area contributed by atoms with Crippen molar-refractivity contribution >= 4 is 23.1 Å². The van der Waals surface area contributed by atoms with Crippen LogP contribution in [0.5, 0.6) is 0 Å². The van der Waals surface area contributed by atoms with Crippen LogP contribution in [0, 0.1) is 0 Å². The first kappa shape index (κ1) is 27.2. The molecule has 5 nitrogen and oxygen atoms in total. The van der Waals surface area contributed by atoms with Crippen molar-refractivity contribution in [3.8, 4) is 0 Å². The fraction of sp³-hybridized carbons (Fsp3) is 0.909. The predicted molar refractivity (Wildman–Crippen MR) is 118 cm³/mol. The standard InChI is InChI=1S/C22H43NO4S/c1-3-4-5-6-7-8-9-10-11-12-13-14-15-16-17-21(24)23-20(22(25)26)18-19-28(2)27/h20H,3-19H2,1-2H3,(H,23,24)(H,25,26). The first-order valence-corrected chi connectivity index (χ1v) is 13.0. The average Bonchev–Trinajstić information content (AvgIpc) is 2.65. The van der Waals surface area contributed by atoms with Gasteiger partial charge in [0.1, 0.15) is 11.8 Å². The number of carboxylic acids is 1. The highest BCUT2D eigenvalue weighted by molar-refractivity contribution is 7.90. The quantitative estimate of drug-likeness (QED) is 0.210. The van der Waals surface area contributed by atoms with Gasteiger partial charge in [-0.15, -0.1) is 0 Å². The SMILES string of the molecule is CCCCCCCCCCCCCCCCC(=O)NC(CC[S+](C)[O-])C(=O)O. The molecule has 0 saturated carbocycles. The molecule has 0 aromatic heterocycles. The molecular formula is C22H43NO4S. The lowest BCUT2D eigenvalue weighted by molar-refractivity contribution is -0.141. The van der Waals surface area contributed by atoms with Crippen molar-refractivity contribution in [2.45, 2.75) is 116 Å². The molecule has 0 aliphatic heterocycles. The lowest BCUT2D eigenvalue weighted by Gasteiger charge is -2.14. The number of unbranched alkanes of at least 4 members (excludes halogenated alkanes) is 13. The van der Waals surface area contributed by atoms with Gasteiger partial charge in [-0.25, -0.2) is 4.79 Å². The minimum atomic E-state index is -1.06. The Morgan fingerprint density at radius 2 is 1.29 bits per heavy atom. The van der Waals surface area contributed by atoms with E-state index in [4.69, 9.17) is 5.11 Å². The van der Waals surface area contributed by atoms with E-state index in [2.05, 4.69) is 12.2 Å². The maximum Gasteiger partial charge on any atom is 0.326 e. The van der Waals surface area contributed by atoms with Gasteiger partial charge in [0, 0.05) is 12.8 Å². The second-order valence-corrected chi connectivity index (χ2v) is 9.43. The van der Waals surface area contributed by atoms with Crippen LogP contribution >= 0.6 is 0 Å². The van der Waals surface area contributed by atoms with Gasteiger partial charge in [-0.05, 0) is 6.42 Å². The lowest BCUT2D eigenvalue weighted by atomic mass is 10.0. The number of carboxylic acid groups (broad SMARTS) is 1. The minimum Gasteiger partial charge on any atom is -0.617 e. The normalized spacial score (nSPS) is 13.2. The number of rotatable bonds is 20. The van der Waals surface area contributed by atoms with E-state index in [0.717, 1.165) is 19.3 Å². The van der Waals surface area contributed by atoms with Gasteiger partial charge in [-0.1, -0.05) is 102 Å². The van der Waals surface area contributed by atoms with Crippen LogP contribution in [0.4, 0.5) is 0 Å². The summed E-state index contributed by atoms with van der Waals surface area (Å²) >= 11 is -1.05. The molecule has 0 heterocycles. The van der Waals surface area contributed by atoms with Gasteiger partial charge >= 0.3 is 5.97 Å². The summed E-state index contributed by atoms with van der Waals surface area (Å²) in [7, 11) is 0. The van der Waals surface area contributed by atoms with E-state index in [1.165, 1.54) is 76.9 Å². The highest BCUT2D eigenvalue weighted by Gasteiger charge is 2.21. The Morgan fingerprint density at radius 3 is 1.68 bits per heavy atom. The van der Waals surface area contributed by atoms with Gasteiger partial charge in [-0.3, -0.25) is 4.79 Å². The fourth-order valence-corrected chi connectivity index (χ4v) is 3.86. The molecule has 0 aromatic rings. The monoisotopic (exact) mass is 417 g/mol. The van der Waals surface area contributed by atoms with Crippen molar-refractivity contribution < 1.29 is 19.2 Å². The third-order valence-electron chi connectivity index (χ3n) is 5.08. The highest BCUT2D eigenvalue weighted by atomic mass is 32.2. The van der Waals surface area contributed by atoms with Crippen LogP contribution < -0.4 is 5.32 Å². The van der Waals surface area contributed by atoms with E-state index in [-0.39, 0.29) is 18.1 Å². The van der Waals surface area contributed by atoms with Crippen molar-refractivity contribution in [2.24, 2.45) is 0 Å². The Balaban J connectivity index is 3.47. The molecule has 1 amide bonds. The summed E-state index contributed by atoms with van der Waals surface area (Å²) < 4.78 is 11.1. The van der Waals surface area contributed by atoms with Crippen LogP contribution in [-0.4, -0.2) is 39.6 Å². The van der Waals surface area contributed by atoms with Gasteiger partial charge in [0.15, 0.2) is 0 Å². The molecule has 28 heavy (non-hydrogen) atoms. The summed E-state index contributed by atoms with van der Waals surface area (Å²) in [4.78, 5) is 23.0. The summed E-state index contributed by atoms with van der Waals surface area (Å²) in [5.41, 5.74) is 0. The Labute approximate surface area is 175 Å². The van der Waals surface area contributed by atoms with Crippen LogP contribution in [0.3, 0.4) is 0 Å². The van der Waals surface area contributed by atoms with Crippen LogP contribution in [0.15, 0.2) is 0 Å². The van der Waals surface area contributed by atoms with Gasteiger partial charge in [-0.2, -0.15) is 0 Å². The molecule has 166 valence electrons. The molecule has 0 radical (unpaired) electrons. The molecule has 0 bridgehead atoms. The van der Waals surface area contributed by atoms with Crippen LogP contribution in [0.1, 0.15) is 110 Å². The van der Waals surface area contributed by atoms with Gasteiger partial charge in [0.2, 0.25) is 5.91 Å². The van der Waals surface area contributed by atoms with E-state index in [1.807, 2.05) is 0 Å². The minimum absolute atomic E-state index is 0.211. The van der Waals surface area contributed by atoms with Crippen LogP contribution in [0.25, 0.3) is 0 Å². The third kappa shape index (κ3) is 18.6. The van der Waals surface area contributed by atoms with Crippen molar-refractivity contribution in [3.05, 3.63) is 0 Å². The number of carbonyl (C=O) groups is 2. The summed E-state index contributed by atoms with van der Waals surface area (Å²) in [6, 6.07) is -0.928. The number of amides is 1. The van der Waals surface area contributed by atoms with Crippen LogP contribution in [0.2, 0.25) is 0 Å². The van der Waals surface area contributed by atoms with Gasteiger partial charge in [0.05, 0.1) is 6.26 Å². The molecule has 0 aromatic carbocycles. The number of hydrogen-bond donors (Lipinski definition) is 2. The van der Waals surface area contributed by atoms with Gasteiger partial charge < -0.3 is 15.0 Å². The number of carbonyl (C=O) groups excluding carboxylic acids is 1. The Hall–Kier alpha value is -0.750. The molecular weight excluding hydrogens is 374 g/mol. The largest absolute Gasteiger partial charge is 0.617 e. The highest BCUT2D eigenvalue weighted by Crippen LogP contribution is 2.13. The van der Waals surface area contributed by atoms with Gasteiger partial charge in [0.25, 0.3) is 0 Å². The zero-order valence-electron chi connectivity index (χ0n) is 18.2. The summed E-state index contributed by atoms with van der Waals surface area (Å²) in [6.07, 6.45) is 19.8. The van der Waals surface area contributed by atoms with E-state index in [0.29, 0.717) is 6.42 Å². The smallest absolute Gasteiger partial charge is 0.326 e. The fourth-order valence-electron chi connectivity index (χ4n) is 3.29. The second-order valence-electron chi connectivity index (χ2n) is 7.87. The molecule has 6 heteroatoms. The lowest BCUT2D eigenvalue weighted by Crippen LogP contribution is -2.41. The summed E-state index contributed by atoms with van der Waals surface area (Å²) in [5, 5.41) is 11.7. The van der Waals surface area contributed by atoms with E-state index >= 15 is 0 Å². The van der Waals surface area contributed by atoms with Crippen molar-refractivity contribution in [1.29, 1.82) is 0 Å². The maximum atomic E-state index is 11.9. The van der Waals surface area contributed by atoms with Crippen LogP contribution in [-0.2, 0) is 20.8 Å². The molecule has 2 N–H and O–H groups in total. The van der Waals surface area contributed by atoms with E-state index in [9.17, 15) is 14.1 Å². The topological polar surface area (TPSA) is 89.5 Å². The van der Waals surface area contributed by atoms with E-state index < -0.39 is 23.2 Å². The molecule has 0 saturated heterocycles. The van der Waals surface area contributed by atoms with Crippen molar-refractivity contribution in [2.75, 3.05) is 12.0 Å². The zero-order chi connectivity index (χ0) is 21.0. The molecule has 0 aliphatic rings. The third-order valence-corrected chi connectivity index (χ3v) is 5.90. The Kier molecular flexibility index (Phi) is 19.0. The van der Waals surface area contributed by atoms with E-state index in [1.54, 1.807) is 0 Å². The molecule has 0 aliphatic carbocycles. The summed E-state index contributed by atoms with van der Waals surface area (Å²) in [5.74, 6) is -0.983. The Bertz CT molecular complexity index is 391. The Morgan fingerprint density at radius 1 is 0.857 bits per heavy atom. The first-order chi connectivity index (χ1) is 13.5. The van der Waals surface area contributed by atoms with Crippen molar-refractivity contribution in [3.63, 3.8) is 0 Å². The first-order valence-electron chi connectivity index (χ1n) is 11.3. The molecule has 0 spiro atoms. The second kappa shape index (κ2) is 19.6. The number of nitrogens with one attached hydrogen (secondary N) is 1. The summed E-state index contributed by atoms with van der Waals surface area (Å²) in [6.45, 7) is 2.25. The molecule has 2 atom stereocenters.